The fraction of sp³-hybridized carbons (Fsp3) is 0.949. The number of esters is 4. The third-order valence-electron chi connectivity index (χ3n) is 19.1. The number of ether oxygens (including phenoxy) is 4. The molecule has 0 spiro atoms. The van der Waals surface area contributed by atoms with Crippen molar-refractivity contribution in [3.8, 4) is 0 Å². The number of unbranched alkanes of at least 4 members (excludes halogenated alkanes) is 43. The van der Waals surface area contributed by atoms with E-state index in [4.69, 9.17) is 37.0 Å². The summed E-state index contributed by atoms with van der Waals surface area (Å²) in [6.45, 7) is 12.0. The van der Waals surface area contributed by atoms with Crippen molar-refractivity contribution < 1.29 is 80.2 Å². The molecule has 0 aliphatic heterocycles. The highest BCUT2D eigenvalue weighted by Gasteiger charge is 2.30. The molecular formula is C79H154O17P2. The average Bonchev–Trinajstić information content (AvgIpc) is 1.05. The summed E-state index contributed by atoms with van der Waals surface area (Å²) in [5.74, 6) is 0.285. The maximum absolute atomic E-state index is 13.1. The van der Waals surface area contributed by atoms with Gasteiger partial charge in [-0.25, -0.2) is 9.13 Å². The van der Waals surface area contributed by atoms with Crippen LogP contribution >= 0.6 is 15.6 Å². The van der Waals surface area contributed by atoms with Crippen LogP contribution in [0, 0.1) is 17.8 Å². The predicted octanol–water partition coefficient (Wildman–Crippen LogP) is 23.4. The number of aliphatic hydroxyl groups excluding tert-OH is 1. The van der Waals surface area contributed by atoms with Crippen LogP contribution in [-0.4, -0.2) is 96.7 Å². The molecule has 0 rings (SSSR count). The zero-order valence-electron chi connectivity index (χ0n) is 64.3. The first-order valence-electron chi connectivity index (χ1n) is 40.9. The quantitative estimate of drug-likeness (QED) is 0.0222. The molecule has 17 nitrogen and oxygen atoms in total. The maximum atomic E-state index is 13.1. The lowest BCUT2D eigenvalue weighted by Gasteiger charge is -2.21. The number of carbonyl (C=O) groups is 4. The zero-order valence-corrected chi connectivity index (χ0v) is 66.0. The summed E-state index contributed by atoms with van der Waals surface area (Å²) in [5, 5.41) is 10.6. The number of rotatable bonds is 77. The van der Waals surface area contributed by atoms with Crippen LogP contribution in [-0.2, 0) is 65.4 Å². The van der Waals surface area contributed by atoms with Crippen molar-refractivity contribution in [2.75, 3.05) is 39.6 Å². The van der Waals surface area contributed by atoms with Crippen LogP contribution in [0.15, 0.2) is 0 Å². The van der Waals surface area contributed by atoms with Gasteiger partial charge in [0.2, 0.25) is 0 Å². The highest BCUT2D eigenvalue weighted by Crippen LogP contribution is 2.45. The number of phosphoric acid groups is 2. The Morgan fingerprint density at radius 3 is 0.776 bits per heavy atom. The van der Waals surface area contributed by atoms with Crippen molar-refractivity contribution in [3.05, 3.63) is 0 Å². The molecule has 0 aliphatic rings. The van der Waals surface area contributed by atoms with Gasteiger partial charge in [0.05, 0.1) is 26.4 Å². The summed E-state index contributed by atoms with van der Waals surface area (Å²) in [6, 6.07) is 0. The normalized spacial score (nSPS) is 14.6. The van der Waals surface area contributed by atoms with E-state index >= 15 is 0 Å². The van der Waals surface area contributed by atoms with Gasteiger partial charge in [0.1, 0.15) is 19.3 Å². The lowest BCUT2D eigenvalue weighted by Crippen LogP contribution is -2.30. The smallest absolute Gasteiger partial charge is 0.462 e. The molecule has 0 amide bonds. The Kier molecular flexibility index (Phi) is 68.1. The van der Waals surface area contributed by atoms with Gasteiger partial charge in [-0.2, -0.15) is 0 Å². The molecule has 0 aromatic heterocycles. The number of aliphatic hydroxyl groups is 1. The number of phosphoric ester groups is 2. The van der Waals surface area contributed by atoms with E-state index in [0.29, 0.717) is 25.7 Å². The SMILES string of the molecule is CCCCCCCCCCCCCC(=O)OC[C@H](COP(=O)(O)OC[C@H](O)COP(=O)(O)OC[C@@H](COC(=O)CCCCCCCCCCCCC(C)CC)OC(=O)CCCCCCCCCCCCCCCCCCCCC(C)C)OC(=O)CCCCCCCCCCC(C)CC. The van der Waals surface area contributed by atoms with Crippen molar-refractivity contribution in [1.82, 2.24) is 0 Å². The second kappa shape index (κ2) is 69.4. The topological polar surface area (TPSA) is 237 Å². The second-order valence-corrected chi connectivity index (χ2v) is 32.3. The van der Waals surface area contributed by atoms with Gasteiger partial charge in [-0.1, -0.05) is 357 Å². The fourth-order valence-corrected chi connectivity index (χ4v) is 13.6. The Labute approximate surface area is 600 Å². The number of hydrogen-bond donors (Lipinski definition) is 3. The molecule has 0 radical (unpaired) electrons. The number of carbonyl (C=O) groups excluding carboxylic acids is 4. The van der Waals surface area contributed by atoms with Crippen molar-refractivity contribution in [2.45, 2.75) is 426 Å². The summed E-state index contributed by atoms with van der Waals surface area (Å²) in [4.78, 5) is 72.9. The largest absolute Gasteiger partial charge is 0.472 e. The second-order valence-electron chi connectivity index (χ2n) is 29.4. The third kappa shape index (κ3) is 69.8. The Morgan fingerprint density at radius 2 is 0.520 bits per heavy atom. The number of hydrogen-bond acceptors (Lipinski definition) is 15. The summed E-state index contributed by atoms with van der Waals surface area (Å²) >= 11 is 0. The van der Waals surface area contributed by atoms with Gasteiger partial charge in [0, 0.05) is 25.7 Å². The minimum absolute atomic E-state index is 0.105. The van der Waals surface area contributed by atoms with E-state index in [1.807, 2.05) is 0 Å². The highest BCUT2D eigenvalue weighted by atomic mass is 31.2. The molecule has 0 aromatic carbocycles. The lowest BCUT2D eigenvalue weighted by atomic mass is 9.99. The van der Waals surface area contributed by atoms with Crippen molar-refractivity contribution in [2.24, 2.45) is 17.8 Å². The molecule has 0 saturated heterocycles. The molecule has 0 heterocycles. The molecule has 19 heteroatoms. The standard InChI is InChI=1S/C79H154O17P2/c1-8-11-12-13-14-15-24-31-39-46-53-60-76(81)89-67-75(96-79(84)63-56-49-42-35-34-38-45-52-59-72(7)10-3)69-94-98(87,88)92-65-73(80)64-91-97(85,86)93-68-74(66-90-77(82)61-54-47-40-32-28-27-30-37-44-51-58-71(6)9-2)95-78(83)62-55-48-41-33-26-23-21-19-17-16-18-20-22-25-29-36-43-50-57-70(4)5/h70-75,80H,8-69H2,1-7H3,(H,85,86)(H,87,88)/t71?,72?,73-,74-,75-/m1/s1. The zero-order chi connectivity index (χ0) is 72.3. The molecule has 98 heavy (non-hydrogen) atoms. The van der Waals surface area contributed by atoms with Gasteiger partial charge >= 0.3 is 39.5 Å². The van der Waals surface area contributed by atoms with Crippen LogP contribution in [0.25, 0.3) is 0 Å². The summed E-state index contributed by atoms with van der Waals surface area (Å²) < 4.78 is 68.6. The van der Waals surface area contributed by atoms with E-state index in [1.165, 1.54) is 218 Å². The Balaban J connectivity index is 5.23. The molecule has 0 aliphatic carbocycles. The molecule has 0 bridgehead atoms. The minimum Gasteiger partial charge on any atom is -0.462 e. The average molecular weight is 1440 g/mol. The van der Waals surface area contributed by atoms with E-state index in [9.17, 15) is 43.2 Å². The van der Waals surface area contributed by atoms with Gasteiger partial charge in [-0.3, -0.25) is 37.3 Å². The Morgan fingerprint density at radius 1 is 0.296 bits per heavy atom. The molecule has 4 unspecified atom stereocenters. The van der Waals surface area contributed by atoms with Crippen LogP contribution in [0.1, 0.15) is 408 Å². The van der Waals surface area contributed by atoms with Crippen molar-refractivity contribution in [3.63, 3.8) is 0 Å². The van der Waals surface area contributed by atoms with Gasteiger partial charge in [-0.15, -0.1) is 0 Å². The van der Waals surface area contributed by atoms with Crippen LogP contribution in [0.4, 0.5) is 0 Å². The lowest BCUT2D eigenvalue weighted by molar-refractivity contribution is -0.161. The van der Waals surface area contributed by atoms with E-state index in [-0.39, 0.29) is 25.7 Å². The molecule has 0 saturated carbocycles. The first kappa shape index (κ1) is 96.1. The molecule has 7 atom stereocenters. The van der Waals surface area contributed by atoms with E-state index < -0.39 is 97.5 Å². The first-order valence-corrected chi connectivity index (χ1v) is 43.9. The summed E-state index contributed by atoms with van der Waals surface area (Å²) in [5.41, 5.74) is 0. The van der Waals surface area contributed by atoms with Crippen molar-refractivity contribution in [1.29, 1.82) is 0 Å². The fourth-order valence-electron chi connectivity index (χ4n) is 12.1. The third-order valence-corrected chi connectivity index (χ3v) is 21.0. The Bertz CT molecular complexity index is 1910. The van der Waals surface area contributed by atoms with Crippen molar-refractivity contribution >= 4 is 39.5 Å². The highest BCUT2D eigenvalue weighted by molar-refractivity contribution is 7.47. The van der Waals surface area contributed by atoms with E-state index in [0.717, 1.165) is 108 Å². The van der Waals surface area contributed by atoms with Crippen LogP contribution in [0.5, 0.6) is 0 Å². The maximum Gasteiger partial charge on any atom is 0.472 e. The van der Waals surface area contributed by atoms with E-state index in [2.05, 4.69) is 48.5 Å². The van der Waals surface area contributed by atoms with Crippen LogP contribution < -0.4 is 0 Å². The molecule has 582 valence electrons. The van der Waals surface area contributed by atoms with Crippen LogP contribution in [0.3, 0.4) is 0 Å². The first-order chi connectivity index (χ1) is 47.3. The monoisotopic (exact) mass is 1440 g/mol. The predicted molar refractivity (Wildman–Crippen MR) is 400 cm³/mol. The Hall–Kier alpha value is -1.94. The molecule has 3 N–H and O–H groups in total. The molecular weight excluding hydrogens is 1280 g/mol. The molecule has 0 aromatic rings. The molecule has 0 fully saturated rings. The van der Waals surface area contributed by atoms with Gasteiger partial charge in [0.25, 0.3) is 0 Å². The minimum atomic E-state index is -4.96. The van der Waals surface area contributed by atoms with Gasteiger partial charge in [0.15, 0.2) is 12.2 Å². The summed E-state index contributed by atoms with van der Waals surface area (Å²) in [7, 11) is -9.92. The van der Waals surface area contributed by atoms with Gasteiger partial charge in [-0.05, 0) is 43.4 Å². The van der Waals surface area contributed by atoms with Gasteiger partial charge < -0.3 is 33.8 Å². The summed E-state index contributed by atoms with van der Waals surface area (Å²) in [6.07, 6.45) is 56.8. The van der Waals surface area contributed by atoms with E-state index in [1.54, 1.807) is 0 Å². The van der Waals surface area contributed by atoms with Crippen LogP contribution in [0.2, 0.25) is 0 Å².